The van der Waals surface area contributed by atoms with E-state index in [1.54, 1.807) is 6.20 Å². The van der Waals surface area contributed by atoms with Crippen LogP contribution >= 0.6 is 0 Å². The van der Waals surface area contributed by atoms with Crippen LogP contribution in [0.3, 0.4) is 0 Å². The van der Waals surface area contributed by atoms with Gasteiger partial charge in [0.05, 0.1) is 19.3 Å². The third-order valence-corrected chi connectivity index (χ3v) is 3.89. The molecule has 1 aromatic heterocycles. The monoisotopic (exact) mass is 314 g/mol. The van der Waals surface area contributed by atoms with Crippen LogP contribution in [0.4, 0.5) is 11.8 Å². The van der Waals surface area contributed by atoms with Crippen LogP contribution in [-0.2, 0) is 17.9 Å². The molecule has 6 nitrogen and oxygen atoms in total. The van der Waals surface area contributed by atoms with E-state index < -0.39 is 0 Å². The van der Waals surface area contributed by atoms with Crippen molar-refractivity contribution in [3.05, 3.63) is 47.7 Å². The van der Waals surface area contributed by atoms with Crippen molar-refractivity contribution in [1.29, 1.82) is 0 Å². The molecule has 122 valence electrons. The maximum atomic E-state index is 9.36. The second-order valence-electron chi connectivity index (χ2n) is 5.60. The summed E-state index contributed by atoms with van der Waals surface area (Å²) in [5.41, 5.74) is 1.95. The largest absolute Gasteiger partial charge is 0.392 e. The quantitative estimate of drug-likeness (QED) is 0.758. The maximum absolute atomic E-state index is 9.36. The summed E-state index contributed by atoms with van der Waals surface area (Å²) in [5, 5.41) is 16.0. The van der Waals surface area contributed by atoms with Gasteiger partial charge in [-0.05, 0) is 30.0 Å². The molecule has 23 heavy (non-hydrogen) atoms. The van der Waals surface area contributed by atoms with E-state index in [1.807, 2.05) is 30.3 Å². The first kappa shape index (κ1) is 15.7. The Balaban J connectivity index is 1.61. The lowest BCUT2D eigenvalue weighted by atomic mass is 10.1. The number of benzene rings is 1. The average molecular weight is 314 g/mol. The van der Waals surface area contributed by atoms with Crippen LogP contribution < -0.4 is 10.6 Å². The lowest BCUT2D eigenvalue weighted by Crippen LogP contribution is -2.30. The summed E-state index contributed by atoms with van der Waals surface area (Å²) < 4.78 is 5.47. The standard InChI is InChI=1S/C17H22N4O2/c22-11-14-5-2-1-4-13(14)10-19-17-18-8-7-16(21-17)20-15-6-3-9-23-12-15/h1-2,4-5,7-8,15,22H,3,6,9-12H2,(H2,18,19,20,21)/t15-/m0/s1. The number of aromatic nitrogens is 2. The lowest BCUT2D eigenvalue weighted by molar-refractivity contribution is 0.0875. The Morgan fingerprint density at radius 3 is 2.87 bits per heavy atom. The fourth-order valence-electron chi connectivity index (χ4n) is 2.65. The summed E-state index contributed by atoms with van der Waals surface area (Å²) in [6.45, 7) is 2.17. The zero-order valence-electron chi connectivity index (χ0n) is 13.0. The van der Waals surface area contributed by atoms with E-state index in [1.165, 1.54) is 0 Å². The van der Waals surface area contributed by atoms with Crippen LogP contribution in [0, 0.1) is 0 Å². The molecule has 1 fully saturated rings. The Labute approximate surface area is 135 Å². The average Bonchev–Trinajstić information content (AvgIpc) is 2.61. The Hall–Kier alpha value is -2.18. The third kappa shape index (κ3) is 4.40. The summed E-state index contributed by atoms with van der Waals surface area (Å²) >= 11 is 0. The highest BCUT2D eigenvalue weighted by Gasteiger charge is 2.14. The molecule has 1 aliphatic heterocycles. The highest BCUT2D eigenvalue weighted by molar-refractivity contribution is 5.41. The number of nitrogens with zero attached hydrogens (tertiary/aromatic N) is 2. The summed E-state index contributed by atoms with van der Waals surface area (Å²) in [6.07, 6.45) is 3.90. The third-order valence-electron chi connectivity index (χ3n) is 3.89. The Morgan fingerprint density at radius 1 is 1.22 bits per heavy atom. The van der Waals surface area contributed by atoms with Crippen LogP contribution in [0.25, 0.3) is 0 Å². The van der Waals surface area contributed by atoms with E-state index in [4.69, 9.17) is 4.74 Å². The predicted molar refractivity (Wildman–Crippen MR) is 89.2 cm³/mol. The molecule has 1 atom stereocenters. The van der Waals surface area contributed by atoms with Crippen LogP contribution in [0.15, 0.2) is 36.5 Å². The van der Waals surface area contributed by atoms with Gasteiger partial charge in [0.25, 0.3) is 0 Å². The highest BCUT2D eigenvalue weighted by atomic mass is 16.5. The molecular weight excluding hydrogens is 292 g/mol. The molecule has 6 heteroatoms. The van der Waals surface area contributed by atoms with Crippen molar-refractivity contribution in [2.24, 2.45) is 0 Å². The van der Waals surface area contributed by atoms with Gasteiger partial charge in [-0.25, -0.2) is 4.98 Å². The van der Waals surface area contributed by atoms with Crippen LogP contribution in [0.2, 0.25) is 0 Å². The van der Waals surface area contributed by atoms with Gasteiger partial charge in [0.15, 0.2) is 0 Å². The lowest BCUT2D eigenvalue weighted by Gasteiger charge is -2.23. The van der Waals surface area contributed by atoms with Crippen LogP contribution in [0.1, 0.15) is 24.0 Å². The Morgan fingerprint density at radius 2 is 2.09 bits per heavy atom. The molecule has 0 aliphatic carbocycles. The molecule has 3 N–H and O–H groups in total. The fourth-order valence-corrected chi connectivity index (χ4v) is 2.65. The summed E-state index contributed by atoms with van der Waals surface area (Å²) in [6, 6.07) is 9.95. The van der Waals surface area contributed by atoms with Gasteiger partial charge in [0.2, 0.25) is 5.95 Å². The minimum absolute atomic E-state index is 0.0297. The number of rotatable bonds is 6. The minimum atomic E-state index is 0.0297. The van der Waals surface area contributed by atoms with Crippen molar-refractivity contribution in [1.82, 2.24) is 9.97 Å². The summed E-state index contributed by atoms with van der Waals surface area (Å²) in [5.74, 6) is 1.37. The number of aliphatic hydroxyl groups is 1. The van der Waals surface area contributed by atoms with Crippen molar-refractivity contribution in [2.75, 3.05) is 23.8 Å². The number of nitrogens with one attached hydrogen (secondary N) is 2. The summed E-state index contributed by atoms with van der Waals surface area (Å²) in [4.78, 5) is 8.73. The maximum Gasteiger partial charge on any atom is 0.224 e. The van der Waals surface area contributed by atoms with Gasteiger partial charge in [0.1, 0.15) is 5.82 Å². The second-order valence-corrected chi connectivity index (χ2v) is 5.60. The smallest absolute Gasteiger partial charge is 0.224 e. The molecule has 0 amide bonds. The van der Waals surface area contributed by atoms with E-state index in [-0.39, 0.29) is 6.61 Å². The molecule has 1 saturated heterocycles. The Kier molecular flexibility index (Phi) is 5.39. The van der Waals surface area contributed by atoms with Gasteiger partial charge in [-0.15, -0.1) is 0 Å². The highest BCUT2D eigenvalue weighted by Crippen LogP contribution is 2.14. The van der Waals surface area contributed by atoms with Crippen LogP contribution in [0.5, 0.6) is 0 Å². The van der Waals surface area contributed by atoms with E-state index in [9.17, 15) is 5.11 Å². The fraction of sp³-hybridized carbons (Fsp3) is 0.412. The van der Waals surface area contributed by atoms with Gasteiger partial charge < -0.3 is 20.5 Å². The molecule has 0 saturated carbocycles. The molecule has 2 aromatic rings. The molecule has 2 heterocycles. The van der Waals surface area contributed by atoms with E-state index in [0.717, 1.165) is 43.0 Å². The van der Waals surface area contributed by atoms with Crippen molar-refractivity contribution >= 4 is 11.8 Å². The van der Waals surface area contributed by atoms with Crippen LogP contribution in [-0.4, -0.2) is 34.3 Å². The SMILES string of the molecule is OCc1ccccc1CNc1nccc(N[C@H]2CCCOC2)n1. The van der Waals surface area contributed by atoms with E-state index >= 15 is 0 Å². The molecule has 0 spiro atoms. The van der Waals surface area contributed by atoms with Crippen molar-refractivity contribution in [3.63, 3.8) is 0 Å². The topological polar surface area (TPSA) is 79.3 Å². The Bertz CT molecular complexity index is 629. The second kappa shape index (κ2) is 7.89. The number of ether oxygens (including phenoxy) is 1. The molecular formula is C17H22N4O2. The first-order valence-electron chi connectivity index (χ1n) is 7.94. The number of aliphatic hydroxyl groups excluding tert-OH is 1. The van der Waals surface area contributed by atoms with Crippen molar-refractivity contribution in [3.8, 4) is 0 Å². The molecule has 0 bridgehead atoms. The molecule has 3 rings (SSSR count). The van der Waals surface area contributed by atoms with E-state index in [2.05, 4.69) is 20.6 Å². The van der Waals surface area contributed by atoms with Gasteiger partial charge in [-0.2, -0.15) is 4.98 Å². The number of anilines is 2. The molecule has 1 aliphatic rings. The number of hydrogen-bond acceptors (Lipinski definition) is 6. The van der Waals surface area contributed by atoms with Crippen molar-refractivity contribution in [2.45, 2.75) is 32.0 Å². The molecule has 0 unspecified atom stereocenters. The van der Waals surface area contributed by atoms with Gasteiger partial charge in [0, 0.05) is 19.3 Å². The van der Waals surface area contributed by atoms with Gasteiger partial charge in [-0.3, -0.25) is 0 Å². The zero-order chi connectivity index (χ0) is 15.9. The van der Waals surface area contributed by atoms with Gasteiger partial charge in [-0.1, -0.05) is 24.3 Å². The number of hydrogen-bond donors (Lipinski definition) is 3. The van der Waals surface area contributed by atoms with Gasteiger partial charge >= 0.3 is 0 Å². The predicted octanol–water partition coefficient (Wildman–Crippen LogP) is 2.17. The zero-order valence-corrected chi connectivity index (χ0v) is 13.0. The summed E-state index contributed by atoms with van der Waals surface area (Å²) in [7, 11) is 0. The van der Waals surface area contributed by atoms with Crippen molar-refractivity contribution < 1.29 is 9.84 Å². The minimum Gasteiger partial charge on any atom is -0.392 e. The molecule has 0 radical (unpaired) electrons. The first-order chi connectivity index (χ1) is 11.3. The normalized spacial score (nSPS) is 17.7. The molecule has 1 aromatic carbocycles. The first-order valence-corrected chi connectivity index (χ1v) is 7.94. The van der Waals surface area contributed by atoms with E-state index in [0.29, 0.717) is 18.5 Å².